The molecule has 0 heterocycles. The molecule has 0 N–H and O–H groups in total. The molecule has 44 valence electrons. The van der Waals surface area contributed by atoms with E-state index in [1.54, 1.807) is 6.92 Å². The quantitative estimate of drug-likeness (QED) is 0.552. The van der Waals surface area contributed by atoms with E-state index in [0.717, 1.165) is 0 Å². The van der Waals surface area contributed by atoms with Crippen molar-refractivity contribution in [1.82, 2.24) is 0 Å². The van der Waals surface area contributed by atoms with Crippen LogP contribution in [0.15, 0.2) is 0 Å². The minimum atomic E-state index is -2.68. The molecule has 0 bridgehead atoms. The van der Waals surface area contributed by atoms with Crippen molar-refractivity contribution in [3.63, 3.8) is 0 Å². The van der Waals surface area contributed by atoms with Crippen LogP contribution in [0.4, 0.5) is 0 Å². The highest BCUT2D eigenvalue weighted by atomic mass is 35.7. The van der Waals surface area contributed by atoms with Gasteiger partial charge < -0.3 is 4.52 Å². The van der Waals surface area contributed by atoms with Gasteiger partial charge in [0.15, 0.2) is 0 Å². The van der Waals surface area contributed by atoms with Crippen LogP contribution in [0.2, 0.25) is 0 Å². The fraction of sp³-hybridized carbons (Fsp3) is 1.00. The van der Waals surface area contributed by atoms with Crippen molar-refractivity contribution in [2.45, 2.75) is 6.92 Å². The van der Waals surface area contributed by atoms with Crippen LogP contribution >= 0.6 is 18.0 Å². The van der Waals surface area contributed by atoms with E-state index in [4.69, 9.17) is 11.2 Å². The van der Waals surface area contributed by atoms with Crippen LogP contribution in [0.3, 0.4) is 0 Å². The molecule has 0 saturated carbocycles. The van der Waals surface area contributed by atoms with Gasteiger partial charge in [0.25, 0.3) is 6.72 Å². The van der Waals surface area contributed by atoms with E-state index in [-0.39, 0.29) is 0 Å². The van der Waals surface area contributed by atoms with Crippen LogP contribution in [0, 0.1) is 0 Å². The van der Waals surface area contributed by atoms with Crippen molar-refractivity contribution >= 4 is 18.0 Å². The van der Waals surface area contributed by atoms with Gasteiger partial charge in [-0.1, -0.05) is 6.92 Å². The van der Waals surface area contributed by atoms with Crippen molar-refractivity contribution in [3.8, 4) is 0 Å². The maximum absolute atomic E-state index is 10.5. The molecule has 0 aliphatic carbocycles. The van der Waals surface area contributed by atoms with Crippen LogP contribution in [-0.4, -0.2) is 13.3 Å². The second-order valence-electron chi connectivity index (χ2n) is 1.09. The summed E-state index contributed by atoms with van der Waals surface area (Å²) in [6.07, 6.45) is 0.394. The second kappa shape index (κ2) is 2.71. The summed E-state index contributed by atoms with van der Waals surface area (Å²) in [7, 11) is 1.34. The zero-order valence-electron chi connectivity index (χ0n) is 4.35. The zero-order chi connectivity index (χ0) is 5.91. The summed E-state index contributed by atoms with van der Waals surface area (Å²) < 4.78 is 14.9. The third kappa shape index (κ3) is 3.10. The van der Waals surface area contributed by atoms with Gasteiger partial charge in [-0.3, -0.25) is 4.57 Å². The maximum atomic E-state index is 10.5. The maximum Gasteiger partial charge on any atom is 0.289 e. The van der Waals surface area contributed by atoms with Crippen LogP contribution in [0.1, 0.15) is 6.92 Å². The fourth-order valence-electron chi connectivity index (χ4n) is 0.129. The van der Waals surface area contributed by atoms with Crippen molar-refractivity contribution in [3.05, 3.63) is 0 Å². The first-order valence-corrected chi connectivity index (χ1v) is 4.68. The average molecular weight is 143 g/mol. The Balaban J connectivity index is 3.61. The molecule has 0 aliphatic heterocycles. The Kier molecular flexibility index (Phi) is 2.89. The number of halogens is 1. The third-order valence-electron chi connectivity index (χ3n) is 0.650. The van der Waals surface area contributed by atoms with Crippen LogP contribution in [0.25, 0.3) is 0 Å². The lowest BCUT2D eigenvalue weighted by atomic mass is 11.0. The third-order valence-corrected chi connectivity index (χ3v) is 3.08. The monoisotopic (exact) mass is 142 g/mol. The number of rotatable bonds is 2. The topological polar surface area (TPSA) is 26.3 Å². The molecule has 0 aliphatic rings. The SMILES string of the molecule is CCP(=O)(Cl)OC. The Bertz CT molecular complexity index is 84.9. The molecular formula is C3H8ClO2P. The van der Waals surface area contributed by atoms with Crippen LogP contribution in [-0.2, 0) is 9.09 Å². The predicted molar refractivity (Wildman–Crippen MR) is 31.0 cm³/mol. The lowest BCUT2D eigenvalue weighted by Crippen LogP contribution is -1.76. The van der Waals surface area contributed by atoms with E-state index >= 15 is 0 Å². The van der Waals surface area contributed by atoms with Gasteiger partial charge in [0.2, 0.25) is 0 Å². The first-order chi connectivity index (χ1) is 3.12. The van der Waals surface area contributed by atoms with E-state index in [0.29, 0.717) is 6.16 Å². The Hall–Kier alpha value is 0.480. The highest BCUT2D eigenvalue weighted by Crippen LogP contribution is 2.50. The molecule has 0 amide bonds. The molecule has 4 heteroatoms. The summed E-state index contributed by atoms with van der Waals surface area (Å²) in [4.78, 5) is 0. The van der Waals surface area contributed by atoms with Crippen LogP contribution in [0.5, 0.6) is 0 Å². The van der Waals surface area contributed by atoms with Gasteiger partial charge >= 0.3 is 0 Å². The molecule has 1 unspecified atom stereocenters. The minimum Gasteiger partial charge on any atom is -0.321 e. The highest BCUT2D eigenvalue weighted by Gasteiger charge is 2.11. The molecule has 7 heavy (non-hydrogen) atoms. The Morgan fingerprint density at radius 1 is 1.86 bits per heavy atom. The Labute approximate surface area is 48.1 Å². The van der Waals surface area contributed by atoms with E-state index < -0.39 is 6.72 Å². The van der Waals surface area contributed by atoms with Crippen molar-refractivity contribution in [2.75, 3.05) is 13.3 Å². The molecular weight excluding hydrogens is 134 g/mol. The Morgan fingerprint density at radius 3 is 2.29 bits per heavy atom. The molecule has 0 spiro atoms. The van der Waals surface area contributed by atoms with Gasteiger partial charge in [-0.05, 0) is 11.2 Å². The van der Waals surface area contributed by atoms with E-state index in [2.05, 4.69) is 4.52 Å². The molecule has 2 nitrogen and oxygen atoms in total. The van der Waals surface area contributed by atoms with Gasteiger partial charge in [0.05, 0.1) is 0 Å². The van der Waals surface area contributed by atoms with E-state index in [1.165, 1.54) is 7.11 Å². The van der Waals surface area contributed by atoms with Crippen molar-refractivity contribution in [2.24, 2.45) is 0 Å². The number of hydrogen-bond acceptors (Lipinski definition) is 2. The lowest BCUT2D eigenvalue weighted by Gasteiger charge is -2.00. The van der Waals surface area contributed by atoms with Gasteiger partial charge in [-0.25, -0.2) is 0 Å². The second-order valence-corrected chi connectivity index (χ2v) is 4.81. The largest absolute Gasteiger partial charge is 0.321 e. The van der Waals surface area contributed by atoms with Gasteiger partial charge in [-0.15, -0.1) is 0 Å². The first-order valence-electron chi connectivity index (χ1n) is 1.97. The zero-order valence-corrected chi connectivity index (χ0v) is 6.00. The molecule has 0 aromatic heterocycles. The molecule has 0 saturated heterocycles. The molecule has 0 rings (SSSR count). The summed E-state index contributed by atoms with van der Waals surface area (Å²) in [6.45, 7) is -0.963. The number of hydrogen-bond donors (Lipinski definition) is 0. The summed E-state index contributed by atoms with van der Waals surface area (Å²) in [6, 6.07) is 0. The standard InChI is InChI=1S/C3H8ClO2P/c1-3-7(4,5)6-2/h3H2,1-2H3. The van der Waals surface area contributed by atoms with Crippen molar-refractivity contribution in [1.29, 1.82) is 0 Å². The van der Waals surface area contributed by atoms with E-state index in [9.17, 15) is 4.57 Å². The fourth-order valence-corrected chi connectivity index (χ4v) is 0.387. The normalized spacial score (nSPS) is 18.7. The predicted octanol–water partition coefficient (Wildman–Crippen LogP) is 2.08. The van der Waals surface area contributed by atoms with Crippen LogP contribution < -0.4 is 0 Å². The Morgan fingerprint density at radius 2 is 2.29 bits per heavy atom. The molecule has 0 aromatic rings. The summed E-state index contributed by atoms with van der Waals surface area (Å²) in [5.74, 6) is 0. The molecule has 0 fully saturated rings. The molecule has 1 atom stereocenters. The lowest BCUT2D eigenvalue weighted by molar-refractivity contribution is 0.409. The molecule has 0 aromatic carbocycles. The van der Waals surface area contributed by atoms with Gasteiger partial charge in [0.1, 0.15) is 0 Å². The van der Waals surface area contributed by atoms with Gasteiger partial charge in [0, 0.05) is 13.3 Å². The molecule has 0 radical (unpaired) electrons. The van der Waals surface area contributed by atoms with E-state index in [1.807, 2.05) is 0 Å². The summed E-state index contributed by atoms with van der Waals surface area (Å²) in [5, 5.41) is 0. The van der Waals surface area contributed by atoms with Gasteiger partial charge in [-0.2, -0.15) is 0 Å². The average Bonchev–Trinajstić information content (AvgIpc) is 1.68. The smallest absolute Gasteiger partial charge is 0.289 e. The summed E-state index contributed by atoms with van der Waals surface area (Å²) in [5.41, 5.74) is 0. The van der Waals surface area contributed by atoms with Crippen molar-refractivity contribution < 1.29 is 9.09 Å². The summed E-state index contributed by atoms with van der Waals surface area (Å²) >= 11 is 5.24. The highest BCUT2D eigenvalue weighted by molar-refractivity contribution is 7.85. The minimum absolute atomic E-state index is 0.394. The first kappa shape index (κ1) is 7.48.